The molecule has 1 N–H and O–H groups in total. The number of carbonyl (C=O) groups excluding carboxylic acids is 1. The standard InChI is InChI=1S/C20H23ClN2O4S/c1-27-19-11-10-15(12-17(19)21)23(28(2,25)26)13-20(24)22-18-9-5-7-14-6-3-4-8-16(14)18/h3-4,6,8,10-12,18H,5,7,9,13H2,1-2H3,(H,22,24)/t18-/m1/s1. The molecule has 150 valence electrons. The highest BCUT2D eigenvalue weighted by atomic mass is 35.5. The lowest BCUT2D eigenvalue weighted by molar-refractivity contribution is -0.120. The van der Waals surface area contributed by atoms with E-state index < -0.39 is 10.0 Å². The van der Waals surface area contributed by atoms with E-state index in [0.29, 0.717) is 11.4 Å². The minimum Gasteiger partial charge on any atom is -0.495 e. The second kappa shape index (κ2) is 8.41. The van der Waals surface area contributed by atoms with Gasteiger partial charge in [0.2, 0.25) is 15.9 Å². The van der Waals surface area contributed by atoms with Crippen molar-refractivity contribution < 1.29 is 17.9 Å². The summed E-state index contributed by atoms with van der Waals surface area (Å²) in [5.41, 5.74) is 2.63. The maximum atomic E-state index is 12.7. The summed E-state index contributed by atoms with van der Waals surface area (Å²) in [4.78, 5) is 12.7. The average Bonchev–Trinajstić information content (AvgIpc) is 2.65. The van der Waals surface area contributed by atoms with Crippen LogP contribution in [0.5, 0.6) is 5.75 Å². The fraction of sp³-hybridized carbons (Fsp3) is 0.350. The Morgan fingerprint density at radius 2 is 2.04 bits per heavy atom. The predicted octanol–water partition coefficient (Wildman–Crippen LogP) is 3.31. The maximum Gasteiger partial charge on any atom is 0.241 e. The van der Waals surface area contributed by atoms with Gasteiger partial charge in [-0.05, 0) is 48.6 Å². The van der Waals surface area contributed by atoms with Gasteiger partial charge in [0.25, 0.3) is 0 Å². The third-order valence-corrected chi connectivity index (χ3v) is 6.25. The van der Waals surface area contributed by atoms with Crippen molar-refractivity contribution in [3.63, 3.8) is 0 Å². The number of anilines is 1. The van der Waals surface area contributed by atoms with Gasteiger partial charge >= 0.3 is 0 Å². The van der Waals surface area contributed by atoms with Crippen molar-refractivity contribution in [1.29, 1.82) is 0 Å². The Morgan fingerprint density at radius 1 is 1.29 bits per heavy atom. The van der Waals surface area contributed by atoms with Crippen LogP contribution in [0.4, 0.5) is 5.69 Å². The maximum absolute atomic E-state index is 12.7. The summed E-state index contributed by atoms with van der Waals surface area (Å²) < 4.78 is 30.7. The molecule has 2 aromatic carbocycles. The molecule has 1 atom stereocenters. The van der Waals surface area contributed by atoms with Gasteiger partial charge in [-0.1, -0.05) is 35.9 Å². The van der Waals surface area contributed by atoms with Gasteiger partial charge in [-0.25, -0.2) is 8.42 Å². The van der Waals surface area contributed by atoms with E-state index in [9.17, 15) is 13.2 Å². The number of nitrogens with zero attached hydrogens (tertiary/aromatic N) is 1. The SMILES string of the molecule is COc1ccc(N(CC(=O)N[C@@H]2CCCc3ccccc32)S(C)(=O)=O)cc1Cl. The van der Waals surface area contributed by atoms with Gasteiger partial charge in [-0.3, -0.25) is 9.10 Å². The molecule has 1 aliphatic rings. The highest BCUT2D eigenvalue weighted by Crippen LogP contribution is 2.31. The van der Waals surface area contributed by atoms with Crippen molar-refractivity contribution >= 4 is 33.2 Å². The first kappa shape index (κ1) is 20.5. The molecule has 2 aromatic rings. The molecule has 0 fully saturated rings. The minimum absolute atomic E-state index is 0.113. The lowest BCUT2D eigenvalue weighted by Gasteiger charge is -2.28. The van der Waals surface area contributed by atoms with E-state index in [2.05, 4.69) is 11.4 Å². The molecule has 0 unspecified atom stereocenters. The number of benzene rings is 2. The lowest BCUT2D eigenvalue weighted by atomic mass is 9.88. The molecule has 6 nitrogen and oxygen atoms in total. The summed E-state index contributed by atoms with van der Waals surface area (Å²) in [6, 6.07) is 12.5. The molecule has 1 amide bonds. The Bertz CT molecular complexity index is 978. The summed E-state index contributed by atoms with van der Waals surface area (Å²) in [5, 5.41) is 3.26. The van der Waals surface area contributed by atoms with Crippen LogP contribution in [0.15, 0.2) is 42.5 Å². The van der Waals surface area contributed by atoms with Crippen LogP contribution in [0.2, 0.25) is 5.02 Å². The molecule has 0 spiro atoms. The zero-order valence-electron chi connectivity index (χ0n) is 15.8. The average molecular weight is 423 g/mol. The second-order valence-electron chi connectivity index (χ2n) is 6.80. The first-order chi connectivity index (χ1) is 13.3. The number of carbonyl (C=O) groups is 1. The van der Waals surface area contributed by atoms with Gasteiger partial charge < -0.3 is 10.1 Å². The van der Waals surface area contributed by atoms with E-state index in [-0.39, 0.29) is 23.5 Å². The Hall–Kier alpha value is -2.25. The van der Waals surface area contributed by atoms with Gasteiger partial charge in [-0.2, -0.15) is 0 Å². The fourth-order valence-electron chi connectivity index (χ4n) is 3.48. The molecule has 0 saturated heterocycles. The molecule has 0 aromatic heterocycles. The molecular formula is C20H23ClN2O4S. The zero-order chi connectivity index (χ0) is 20.3. The molecular weight excluding hydrogens is 400 g/mol. The summed E-state index contributed by atoms with van der Waals surface area (Å²) in [7, 11) is -2.20. The minimum atomic E-state index is -3.68. The van der Waals surface area contributed by atoms with Crippen LogP contribution in [-0.2, 0) is 21.2 Å². The van der Waals surface area contributed by atoms with Crippen molar-refractivity contribution in [3.05, 3.63) is 58.6 Å². The third-order valence-electron chi connectivity index (χ3n) is 4.82. The molecule has 1 aliphatic carbocycles. The van der Waals surface area contributed by atoms with Crippen LogP contribution in [0.3, 0.4) is 0 Å². The van der Waals surface area contributed by atoms with Crippen molar-refractivity contribution in [3.8, 4) is 5.75 Å². The number of rotatable bonds is 6. The first-order valence-electron chi connectivity index (χ1n) is 8.98. The first-order valence-corrected chi connectivity index (χ1v) is 11.2. The normalized spacial score (nSPS) is 16.2. The fourth-order valence-corrected chi connectivity index (χ4v) is 4.58. The van der Waals surface area contributed by atoms with Crippen LogP contribution in [0.25, 0.3) is 0 Å². The second-order valence-corrected chi connectivity index (χ2v) is 9.11. The van der Waals surface area contributed by atoms with Crippen molar-refractivity contribution in [2.75, 3.05) is 24.2 Å². The third kappa shape index (κ3) is 4.59. The number of aryl methyl sites for hydroxylation is 1. The lowest BCUT2D eigenvalue weighted by Crippen LogP contribution is -2.42. The number of nitrogens with one attached hydrogen (secondary N) is 1. The summed E-state index contributed by atoms with van der Waals surface area (Å²) >= 11 is 6.13. The van der Waals surface area contributed by atoms with Crippen LogP contribution in [0, 0.1) is 0 Å². The number of methoxy groups -OCH3 is 1. The van der Waals surface area contributed by atoms with Crippen LogP contribution in [-0.4, -0.2) is 34.2 Å². The zero-order valence-corrected chi connectivity index (χ0v) is 17.4. The highest BCUT2D eigenvalue weighted by molar-refractivity contribution is 7.92. The van der Waals surface area contributed by atoms with E-state index in [0.717, 1.165) is 35.4 Å². The smallest absolute Gasteiger partial charge is 0.241 e. The number of hydrogen-bond acceptors (Lipinski definition) is 4. The predicted molar refractivity (Wildman–Crippen MR) is 110 cm³/mol. The Kier molecular flexibility index (Phi) is 6.15. The van der Waals surface area contributed by atoms with Crippen LogP contribution >= 0.6 is 11.6 Å². The number of halogens is 1. The molecule has 28 heavy (non-hydrogen) atoms. The van der Waals surface area contributed by atoms with Crippen LogP contribution < -0.4 is 14.4 Å². The topological polar surface area (TPSA) is 75.7 Å². The summed E-state index contributed by atoms with van der Waals surface area (Å²) in [6.45, 7) is -0.319. The molecule has 0 bridgehead atoms. The number of hydrogen-bond donors (Lipinski definition) is 1. The molecule has 0 aliphatic heterocycles. The van der Waals surface area contributed by atoms with E-state index in [1.807, 2.05) is 18.2 Å². The molecule has 0 radical (unpaired) electrons. The summed E-state index contributed by atoms with van der Waals surface area (Å²) in [6.07, 6.45) is 3.86. The molecule has 0 heterocycles. The Labute approximate surface area is 170 Å². The molecule has 3 rings (SSSR count). The molecule has 8 heteroatoms. The van der Waals surface area contributed by atoms with Gasteiger partial charge in [-0.15, -0.1) is 0 Å². The van der Waals surface area contributed by atoms with E-state index in [4.69, 9.17) is 16.3 Å². The van der Waals surface area contributed by atoms with E-state index >= 15 is 0 Å². The van der Waals surface area contributed by atoms with Gasteiger partial charge in [0.1, 0.15) is 12.3 Å². The Morgan fingerprint density at radius 3 is 2.71 bits per heavy atom. The van der Waals surface area contributed by atoms with Gasteiger partial charge in [0.05, 0.1) is 30.1 Å². The highest BCUT2D eigenvalue weighted by Gasteiger charge is 2.25. The summed E-state index contributed by atoms with van der Waals surface area (Å²) in [5.74, 6) is 0.0706. The van der Waals surface area contributed by atoms with Gasteiger partial charge in [0, 0.05) is 0 Å². The quantitative estimate of drug-likeness (QED) is 0.774. The molecule has 0 saturated carbocycles. The van der Waals surface area contributed by atoms with E-state index in [1.54, 1.807) is 12.1 Å². The van der Waals surface area contributed by atoms with Crippen molar-refractivity contribution in [2.45, 2.75) is 25.3 Å². The van der Waals surface area contributed by atoms with E-state index in [1.165, 1.54) is 18.7 Å². The van der Waals surface area contributed by atoms with Gasteiger partial charge in [0.15, 0.2) is 0 Å². The van der Waals surface area contributed by atoms with Crippen LogP contribution in [0.1, 0.15) is 30.0 Å². The Balaban J connectivity index is 1.79. The monoisotopic (exact) mass is 422 g/mol. The number of sulfonamides is 1. The van der Waals surface area contributed by atoms with Crippen molar-refractivity contribution in [1.82, 2.24) is 5.32 Å². The number of ether oxygens (including phenoxy) is 1. The number of fused-ring (bicyclic) bond motifs is 1. The van der Waals surface area contributed by atoms with Crippen molar-refractivity contribution in [2.24, 2.45) is 0 Å². The number of amides is 1. The largest absolute Gasteiger partial charge is 0.495 e.